The first-order valence-electron chi connectivity index (χ1n) is 11.9. The van der Waals surface area contributed by atoms with Crippen molar-refractivity contribution in [2.45, 2.75) is 12.8 Å². The summed E-state index contributed by atoms with van der Waals surface area (Å²) in [5.74, 6) is 0.149. The average Bonchev–Trinajstić information content (AvgIpc) is 3.57. The number of amides is 2. The van der Waals surface area contributed by atoms with Gasteiger partial charge >= 0.3 is 0 Å². The molecule has 39 heavy (non-hydrogen) atoms. The number of methoxy groups -OCH3 is 1. The molecule has 3 N–H and O–H groups in total. The summed E-state index contributed by atoms with van der Waals surface area (Å²) < 4.78 is 17.7. The van der Waals surface area contributed by atoms with E-state index in [1.54, 1.807) is 35.0 Å². The zero-order valence-electron chi connectivity index (χ0n) is 20.6. The van der Waals surface area contributed by atoms with Crippen LogP contribution in [0.2, 0.25) is 0 Å². The molecular weight excluding hydrogens is 506 g/mol. The van der Waals surface area contributed by atoms with Crippen molar-refractivity contribution < 1.29 is 28.7 Å². The largest absolute Gasteiger partial charge is 0.497 e. The maximum absolute atomic E-state index is 13.1. The van der Waals surface area contributed by atoms with Gasteiger partial charge in [-0.1, -0.05) is 6.07 Å². The molecule has 1 aromatic heterocycles. The van der Waals surface area contributed by atoms with E-state index in [0.717, 1.165) is 11.1 Å². The van der Waals surface area contributed by atoms with Gasteiger partial charge in [0.15, 0.2) is 17.2 Å². The van der Waals surface area contributed by atoms with Crippen LogP contribution in [0.5, 0.6) is 17.2 Å². The van der Waals surface area contributed by atoms with Gasteiger partial charge in [-0.05, 0) is 54.8 Å². The van der Waals surface area contributed by atoms with E-state index in [9.17, 15) is 19.7 Å². The Kier molecular flexibility index (Phi) is 5.64. The summed E-state index contributed by atoms with van der Waals surface area (Å²) in [6.45, 7) is 0.111. The summed E-state index contributed by atoms with van der Waals surface area (Å²) in [7, 11) is 1.41. The van der Waals surface area contributed by atoms with Gasteiger partial charge in [-0.3, -0.25) is 19.7 Å². The van der Waals surface area contributed by atoms with Crippen molar-refractivity contribution in [3.63, 3.8) is 0 Å². The first kappa shape index (κ1) is 24.0. The number of nitro groups is 1. The van der Waals surface area contributed by atoms with Crippen molar-refractivity contribution in [3.8, 4) is 34.2 Å². The van der Waals surface area contributed by atoms with Gasteiger partial charge in [-0.25, -0.2) is 4.68 Å². The lowest BCUT2D eigenvalue weighted by Crippen LogP contribution is -2.16. The van der Waals surface area contributed by atoms with Gasteiger partial charge in [0, 0.05) is 28.9 Å². The number of carbonyl (C=O) groups is 2. The number of anilines is 1. The van der Waals surface area contributed by atoms with E-state index < -0.39 is 16.7 Å². The Hall–Kier alpha value is -5.39. The van der Waals surface area contributed by atoms with E-state index >= 15 is 0 Å². The third-order valence-electron chi connectivity index (χ3n) is 6.73. The van der Waals surface area contributed by atoms with Gasteiger partial charge in [0.2, 0.25) is 6.79 Å². The molecule has 0 radical (unpaired) electrons. The highest BCUT2D eigenvalue weighted by molar-refractivity contribution is 6.07. The van der Waals surface area contributed by atoms with Crippen LogP contribution in [0.4, 0.5) is 11.4 Å². The van der Waals surface area contributed by atoms with E-state index in [-0.39, 0.29) is 23.7 Å². The van der Waals surface area contributed by atoms with Crippen LogP contribution in [0.25, 0.3) is 16.9 Å². The minimum atomic E-state index is -0.668. The lowest BCUT2D eigenvalue weighted by molar-refractivity contribution is -0.385. The Morgan fingerprint density at radius 2 is 1.90 bits per heavy atom. The van der Waals surface area contributed by atoms with Gasteiger partial charge in [0.25, 0.3) is 17.5 Å². The Labute approximate surface area is 221 Å². The fourth-order valence-corrected chi connectivity index (χ4v) is 4.90. The molecule has 0 spiro atoms. The fourth-order valence-electron chi connectivity index (χ4n) is 4.90. The second-order valence-corrected chi connectivity index (χ2v) is 8.96. The molecule has 196 valence electrons. The smallest absolute Gasteiger partial charge is 0.282 e. The predicted molar refractivity (Wildman–Crippen MR) is 139 cm³/mol. The Bertz CT molecular complexity index is 1690. The van der Waals surface area contributed by atoms with Crippen LogP contribution in [-0.4, -0.2) is 40.4 Å². The minimum absolute atomic E-state index is 0.111. The molecule has 3 aromatic carbocycles. The van der Waals surface area contributed by atoms with Crippen molar-refractivity contribution in [1.29, 1.82) is 0 Å². The highest BCUT2D eigenvalue weighted by Crippen LogP contribution is 2.40. The number of ether oxygens (including phenoxy) is 3. The summed E-state index contributed by atoms with van der Waals surface area (Å²) in [5.41, 5.74) is 9.47. The number of nitrogens with two attached hydrogens (primary N) is 1. The van der Waals surface area contributed by atoms with Crippen LogP contribution in [0.15, 0.2) is 54.6 Å². The summed E-state index contributed by atoms with van der Waals surface area (Å²) in [4.78, 5) is 36.3. The lowest BCUT2D eigenvalue weighted by atomic mass is 9.88. The number of nitrogens with one attached hydrogen (secondary N) is 1. The predicted octanol–water partition coefficient (Wildman–Crippen LogP) is 3.63. The molecule has 6 rings (SSSR count). The molecule has 2 heterocycles. The molecule has 0 unspecified atom stereocenters. The third-order valence-corrected chi connectivity index (χ3v) is 6.73. The Morgan fingerprint density at radius 3 is 2.67 bits per heavy atom. The van der Waals surface area contributed by atoms with E-state index in [0.29, 0.717) is 52.7 Å². The number of primary amides is 1. The molecule has 0 saturated heterocycles. The maximum Gasteiger partial charge on any atom is 0.282 e. The van der Waals surface area contributed by atoms with Crippen molar-refractivity contribution in [2.24, 2.45) is 5.73 Å². The summed E-state index contributed by atoms with van der Waals surface area (Å²) in [6, 6.07) is 14.6. The van der Waals surface area contributed by atoms with Crippen molar-refractivity contribution in [3.05, 3.63) is 87.1 Å². The van der Waals surface area contributed by atoms with Gasteiger partial charge in [0.05, 0.1) is 23.4 Å². The summed E-state index contributed by atoms with van der Waals surface area (Å²) in [5, 5.41) is 18.8. The number of hydrogen-bond acceptors (Lipinski definition) is 8. The van der Waals surface area contributed by atoms with Gasteiger partial charge in [-0.15, -0.1) is 0 Å². The Balaban J connectivity index is 1.43. The first-order valence-corrected chi connectivity index (χ1v) is 11.9. The van der Waals surface area contributed by atoms with E-state index in [4.69, 9.17) is 19.9 Å². The van der Waals surface area contributed by atoms with Crippen molar-refractivity contribution >= 4 is 23.2 Å². The fraction of sp³-hybridized carbons (Fsp3) is 0.148. The second-order valence-electron chi connectivity index (χ2n) is 8.96. The highest BCUT2D eigenvalue weighted by atomic mass is 16.7. The summed E-state index contributed by atoms with van der Waals surface area (Å²) >= 11 is 0. The van der Waals surface area contributed by atoms with Crippen LogP contribution in [0.1, 0.15) is 32.0 Å². The molecule has 12 nitrogen and oxygen atoms in total. The molecule has 12 heteroatoms. The minimum Gasteiger partial charge on any atom is -0.497 e. The van der Waals surface area contributed by atoms with Crippen LogP contribution in [0.3, 0.4) is 0 Å². The molecule has 1 aliphatic carbocycles. The molecule has 0 saturated carbocycles. The van der Waals surface area contributed by atoms with Crippen LogP contribution >= 0.6 is 0 Å². The van der Waals surface area contributed by atoms with Crippen molar-refractivity contribution in [1.82, 2.24) is 9.78 Å². The zero-order valence-corrected chi connectivity index (χ0v) is 20.6. The maximum atomic E-state index is 13.1. The monoisotopic (exact) mass is 527 g/mol. The average molecular weight is 527 g/mol. The topological polar surface area (TPSA) is 161 Å². The SMILES string of the molecule is COc1ccc([N+](=O)[O-])c(C(=O)Nc2ccc3c(c2)-c2c(c(C(N)=O)nn2-c2ccc4c(c2)OCO4)CC3)c1. The number of aryl methyl sites for hydroxylation is 1. The second kappa shape index (κ2) is 9.17. The number of fused-ring (bicyclic) bond motifs is 4. The molecule has 4 aromatic rings. The normalized spacial score (nSPS) is 12.8. The number of nitro benzene ring substituents is 1. The number of nitrogens with zero attached hydrogens (tertiary/aromatic N) is 3. The molecule has 0 atom stereocenters. The van der Waals surface area contributed by atoms with Gasteiger partial charge < -0.3 is 25.3 Å². The van der Waals surface area contributed by atoms with Crippen LogP contribution < -0.4 is 25.3 Å². The highest BCUT2D eigenvalue weighted by Gasteiger charge is 2.29. The van der Waals surface area contributed by atoms with Gasteiger partial charge in [-0.2, -0.15) is 5.10 Å². The Morgan fingerprint density at radius 1 is 1.08 bits per heavy atom. The number of hydrogen-bond donors (Lipinski definition) is 2. The van der Waals surface area contributed by atoms with Crippen LogP contribution in [-0.2, 0) is 12.8 Å². The molecule has 0 bridgehead atoms. The first-order chi connectivity index (χ1) is 18.8. The standard InChI is InChI=1S/C27H21N5O7/c1-37-17-6-8-21(32(35)36)20(12-17)27(34)29-15-4-2-14-3-7-18-24(26(28)33)30-31(25(18)19(14)10-15)16-5-9-22-23(11-16)39-13-38-22/h2,4-6,8-12H,3,7,13H2,1H3,(H2,28,33)(H,29,34). The van der Waals surface area contributed by atoms with Crippen molar-refractivity contribution in [2.75, 3.05) is 19.2 Å². The molecule has 0 fully saturated rings. The number of aromatic nitrogens is 2. The summed E-state index contributed by atoms with van der Waals surface area (Å²) in [6.07, 6.45) is 1.18. The zero-order chi connectivity index (χ0) is 27.3. The van der Waals surface area contributed by atoms with Gasteiger partial charge in [0.1, 0.15) is 11.3 Å². The molecule has 1 aliphatic heterocycles. The number of benzene rings is 3. The number of carbonyl (C=O) groups excluding carboxylic acids is 2. The third kappa shape index (κ3) is 4.07. The van der Waals surface area contributed by atoms with E-state index in [2.05, 4.69) is 10.4 Å². The number of rotatable bonds is 6. The van der Waals surface area contributed by atoms with E-state index in [1.165, 1.54) is 25.3 Å². The quantitative estimate of drug-likeness (QED) is 0.284. The van der Waals surface area contributed by atoms with E-state index in [1.807, 2.05) is 6.07 Å². The molecule has 2 amide bonds. The van der Waals surface area contributed by atoms with Crippen LogP contribution in [0, 0.1) is 10.1 Å². The molecule has 2 aliphatic rings. The molecular formula is C27H21N5O7. The lowest BCUT2D eigenvalue weighted by Gasteiger charge is -2.20.